The number of aliphatic hydroxyl groups excluding tert-OH is 2. The lowest BCUT2D eigenvalue weighted by molar-refractivity contribution is -0.123. The second-order valence-electron chi connectivity index (χ2n) is 12.7. The third-order valence-electron chi connectivity index (χ3n) is 8.97. The summed E-state index contributed by atoms with van der Waals surface area (Å²) in [5, 5.41) is 21.2. The maximum absolute atomic E-state index is 13.2. The van der Waals surface area contributed by atoms with Crippen molar-refractivity contribution in [2.75, 3.05) is 18.1 Å². The minimum atomic E-state index is -0.640. The molecule has 2 fully saturated rings. The van der Waals surface area contributed by atoms with E-state index in [1.165, 1.54) is 5.57 Å². The maximum atomic E-state index is 13.2. The number of allylic oxidation sites excluding steroid dienone is 2. The van der Waals surface area contributed by atoms with E-state index in [0.29, 0.717) is 43.2 Å². The van der Waals surface area contributed by atoms with Crippen LogP contribution in [0.5, 0.6) is 0 Å². The molecular formula is C37H49NO4. The van der Waals surface area contributed by atoms with E-state index in [1.54, 1.807) is 4.90 Å². The summed E-state index contributed by atoms with van der Waals surface area (Å²) in [6.45, 7) is 7.50. The van der Waals surface area contributed by atoms with Crippen molar-refractivity contribution in [3.8, 4) is 11.8 Å². The van der Waals surface area contributed by atoms with Crippen molar-refractivity contribution in [2.24, 2.45) is 29.6 Å². The van der Waals surface area contributed by atoms with Gasteiger partial charge in [0.2, 0.25) is 0 Å². The predicted octanol–water partition coefficient (Wildman–Crippen LogP) is 6.79. The zero-order valence-electron chi connectivity index (χ0n) is 25.6. The van der Waals surface area contributed by atoms with E-state index in [-0.39, 0.29) is 18.4 Å². The second-order valence-corrected chi connectivity index (χ2v) is 12.7. The number of fused-ring (bicyclic) bond motifs is 1. The molecule has 226 valence electrons. The Hall–Kier alpha value is -2.91. The summed E-state index contributed by atoms with van der Waals surface area (Å²) in [6, 6.07) is 19.8. The Morgan fingerprint density at radius 3 is 2.50 bits per heavy atom. The molecule has 5 heteroatoms. The second kappa shape index (κ2) is 16.1. The van der Waals surface area contributed by atoms with E-state index >= 15 is 0 Å². The average molecular weight is 572 g/mol. The van der Waals surface area contributed by atoms with Gasteiger partial charge < -0.3 is 19.8 Å². The SMILES string of the molecule is CC(C)=CCCC(C)CC(O)C#C[C@@H]1[C@@H]2CC(CCOCC(=O)N(Cc3ccccc3)c3ccccc3)C[C@@H]2C[C@H]1O. The van der Waals surface area contributed by atoms with Crippen molar-refractivity contribution in [3.63, 3.8) is 0 Å². The lowest BCUT2D eigenvalue weighted by atomic mass is 9.90. The van der Waals surface area contributed by atoms with Gasteiger partial charge in [-0.1, -0.05) is 78.9 Å². The Labute approximate surface area is 253 Å². The first-order chi connectivity index (χ1) is 20.3. The third-order valence-corrected chi connectivity index (χ3v) is 8.97. The molecular weight excluding hydrogens is 522 g/mol. The number of amides is 1. The van der Waals surface area contributed by atoms with Gasteiger partial charge in [-0.3, -0.25) is 4.79 Å². The molecule has 4 rings (SSSR count). The van der Waals surface area contributed by atoms with Crippen LogP contribution in [0.25, 0.3) is 0 Å². The van der Waals surface area contributed by atoms with Gasteiger partial charge in [-0.2, -0.15) is 0 Å². The van der Waals surface area contributed by atoms with E-state index in [1.807, 2.05) is 60.7 Å². The highest BCUT2D eigenvalue weighted by molar-refractivity contribution is 5.94. The molecule has 0 bridgehead atoms. The minimum absolute atomic E-state index is 0.0448. The Bertz CT molecular complexity index is 1200. The van der Waals surface area contributed by atoms with Crippen LogP contribution in [0.4, 0.5) is 5.69 Å². The number of ether oxygens (including phenoxy) is 1. The quantitative estimate of drug-likeness (QED) is 0.158. The number of carbonyl (C=O) groups is 1. The number of benzene rings is 2. The smallest absolute Gasteiger partial charge is 0.253 e. The minimum Gasteiger partial charge on any atom is -0.392 e. The van der Waals surface area contributed by atoms with Crippen LogP contribution in [0.1, 0.15) is 71.3 Å². The number of aliphatic hydroxyl groups is 2. The van der Waals surface area contributed by atoms with E-state index < -0.39 is 12.2 Å². The van der Waals surface area contributed by atoms with E-state index in [4.69, 9.17) is 4.74 Å². The molecule has 0 saturated heterocycles. The summed E-state index contributed by atoms with van der Waals surface area (Å²) in [7, 11) is 0. The Morgan fingerprint density at radius 1 is 1.07 bits per heavy atom. The maximum Gasteiger partial charge on any atom is 0.253 e. The lowest BCUT2D eigenvalue weighted by Gasteiger charge is -2.23. The molecule has 2 saturated carbocycles. The molecule has 2 aromatic carbocycles. The molecule has 2 aliphatic carbocycles. The molecule has 42 heavy (non-hydrogen) atoms. The first kappa shape index (κ1) is 32.0. The van der Waals surface area contributed by atoms with Crippen molar-refractivity contribution in [1.29, 1.82) is 0 Å². The molecule has 2 N–H and O–H groups in total. The Balaban J connectivity index is 1.22. The fraction of sp³-hybridized carbons (Fsp3) is 0.541. The molecule has 1 amide bonds. The van der Waals surface area contributed by atoms with E-state index in [0.717, 1.165) is 49.8 Å². The molecule has 0 heterocycles. The first-order valence-corrected chi connectivity index (χ1v) is 15.8. The average Bonchev–Trinajstić information content (AvgIpc) is 3.49. The van der Waals surface area contributed by atoms with Gasteiger partial charge in [0, 0.05) is 18.2 Å². The Morgan fingerprint density at radius 2 is 1.79 bits per heavy atom. The van der Waals surface area contributed by atoms with Crippen LogP contribution in [-0.2, 0) is 16.1 Å². The van der Waals surface area contributed by atoms with Crippen molar-refractivity contribution in [2.45, 2.75) is 84.5 Å². The van der Waals surface area contributed by atoms with Crippen LogP contribution in [0.3, 0.4) is 0 Å². The van der Waals surface area contributed by atoms with Crippen LogP contribution in [0.2, 0.25) is 0 Å². The highest BCUT2D eigenvalue weighted by atomic mass is 16.5. The highest BCUT2D eigenvalue weighted by Crippen LogP contribution is 2.50. The van der Waals surface area contributed by atoms with Crippen molar-refractivity contribution < 1.29 is 19.7 Å². The summed E-state index contributed by atoms with van der Waals surface area (Å²) in [6.07, 6.45) is 7.76. The zero-order valence-corrected chi connectivity index (χ0v) is 25.6. The van der Waals surface area contributed by atoms with Gasteiger partial charge in [0.05, 0.1) is 12.6 Å². The molecule has 7 atom stereocenters. The summed E-state index contributed by atoms with van der Waals surface area (Å²) in [5.74, 6) is 8.04. The standard InChI is InChI=1S/C37H49NO4/c1-27(2)11-10-12-28(3)21-33(39)17-18-34-35-23-30(22-31(35)24-36(34)40)19-20-42-26-37(41)38(32-15-8-5-9-16-32)25-29-13-6-4-7-14-29/h4-9,11,13-16,28,30-31,33-36,39-40H,10,12,19-26H2,1-3H3/t28?,30?,31-,33?,34-,35-,36-/m1/s1. The summed E-state index contributed by atoms with van der Waals surface area (Å²) < 4.78 is 5.92. The third kappa shape index (κ3) is 9.56. The normalized spacial score (nSPS) is 24.3. The van der Waals surface area contributed by atoms with Crippen LogP contribution < -0.4 is 4.90 Å². The van der Waals surface area contributed by atoms with Crippen molar-refractivity contribution >= 4 is 11.6 Å². The molecule has 0 radical (unpaired) electrons. The molecule has 2 aliphatic rings. The zero-order chi connectivity index (χ0) is 29.9. The molecule has 0 spiro atoms. The van der Waals surface area contributed by atoms with Crippen molar-refractivity contribution in [3.05, 3.63) is 77.9 Å². The first-order valence-electron chi connectivity index (χ1n) is 15.8. The Kier molecular flexibility index (Phi) is 12.3. The molecule has 3 unspecified atom stereocenters. The summed E-state index contributed by atoms with van der Waals surface area (Å²) >= 11 is 0. The number of nitrogens with zero attached hydrogens (tertiary/aromatic N) is 1. The van der Waals surface area contributed by atoms with Gasteiger partial charge in [-0.05, 0) is 100 Å². The van der Waals surface area contributed by atoms with Gasteiger partial charge in [0.25, 0.3) is 5.91 Å². The number of para-hydroxylation sites is 1. The van der Waals surface area contributed by atoms with Crippen molar-refractivity contribution in [1.82, 2.24) is 0 Å². The summed E-state index contributed by atoms with van der Waals surface area (Å²) in [5.41, 5.74) is 3.27. The van der Waals surface area contributed by atoms with Crippen LogP contribution in [0, 0.1) is 41.4 Å². The summed E-state index contributed by atoms with van der Waals surface area (Å²) in [4.78, 5) is 15.0. The van der Waals surface area contributed by atoms with Gasteiger partial charge >= 0.3 is 0 Å². The topological polar surface area (TPSA) is 70.0 Å². The van der Waals surface area contributed by atoms with Gasteiger partial charge in [-0.15, -0.1) is 0 Å². The number of rotatable bonds is 13. The number of carbonyl (C=O) groups excluding carboxylic acids is 1. The molecule has 2 aromatic rings. The van der Waals surface area contributed by atoms with Crippen LogP contribution in [0.15, 0.2) is 72.3 Å². The van der Waals surface area contributed by atoms with E-state index in [9.17, 15) is 15.0 Å². The number of anilines is 1. The monoisotopic (exact) mass is 571 g/mol. The number of hydrogen-bond donors (Lipinski definition) is 2. The molecule has 0 aromatic heterocycles. The van der Waals surface area contributed by atoms with Gasteiger partial charge in [0.15, 0.2) is 0 Å². The fourth-order valence-corrected chi connectivity index (χ4v) is 6.76. The van der Waals surface area contributed by atoms with Gasteiger partial charge in [0.1, 0.15) is 12.7 Å². The molecule has 0 aliphatic heterocycles. The van der Waals surface area contributed by atoms with E-state index in [2.05, 4.69) is 38.7 Å². The number of hydrogen-bond acceptors (Lipinski definition) is 4. The predicted molar refractivity (Wildman–Crippen MR) is 170 cm³/mol. The lowest BCUT2D eigenvalue weighted by Crippen LogP contribution is -2.33. The van der Waals surface area contributed by atoms with Crippen LogP contribution in [-0.4, -0.2) is 41.5 Å². The van der Waals surface area contributed by atoms with Crippen LogP contribution >= 0.6 is 0 Å². The highest BCUT2D eigenvalue weighted by Gasteiger charge is 2.47. The fourth-order valence-electron chi connectivity index (χ4n) is 6.76. The van der Waals surface area contributed by atoms with Gasteiger partial charge in [-0.25, -0.2) is 0 Å². The molecule has 5 nitrogen and oxygen atoms in total. The largest absolute Gasteiger partial charge is 0.392 e.